The van der Waals surface area contributed by atoms with Crippen molar-refractivity contribution >= 4 is 35.8 Å². The minimum absolute atomic E-state index is 0. The standard InChI is InChI=1S/C20H34N4O2.HI/c1-5-22-20(23-11-7-13-26-15-16(2)3)24-12-10-17-8-6-9-18(14-17)19(25)21-4;/h6,8-9,14,16H,5,7,10-13,15H2,1-4H3,(H,21,25)(H2,22,23,24);1H. The lowest BCUT2D eigenvalue weighted by atomic mass is 10.1. The van der Waals surface area contributed by atoms with E-state index < -0.39 is 0 Å². The number of halogens is 1. The lowest BCUT2D eigenvalue weighted by Crippen LogP contribution is -2.38. The van der Waals surface area contributed by atoms with Crippen LogP contribution in [0.4, 0.5) is 0 Å². The van der Waals surface area contributed by atoms with Crippen LogP contribution in [0.5, 0.6) is 0 Å². The van der Waals surface area contributed by atoms with Gasteiger partial charge in [0.15, 0.2) is 5.96 Å². The SMILES string of the molecule is CCNC(=NCCCOCC(C)C)NCCc1cccc(C(=O)NC)c1.I. The van der Waals surface area contributed by atoms with Gasteiger partial charge in [0.05, 0.1) is 0 Å². The summed E-state index contributed by atoms with van der Waals surface area (Å²) in [6.07, 6.45) is 1.74. The molecule has 0 saturated heterocycles. The number of amides is 1. The summed E-state index contributed by atoms with van der Waals surface area (Å²) in [7, 11) is 1.64. The zero-order valence-electron chi connectivity index (χ0n) is 17.0. The maximum Gasteiger partial charge on any atom is 0.251 e. The quantitative estimate of drug-likeness (QED) is 0.193. The number of carbonyl (C=O) groups excluding carboxylic acids is 1. The van der Waals surface area contributed by atoms with Crippen LogP contribution >= 0.6 is 24.0 Å². The molecule has 0 aliphatic heterocycles. The Balaban J connectivity index is 0.00000676. The molecule has 0 aliphatic rings. The van der Waals surface area contributed by atoms with Gasteiger partial charge in [0.1, 0.15) is 0 Å². The Bertz CT molecular complexity index is 565. The Hall–Kier alpha value is -1.35. The summed E-state index contributed by atoms with van der Waals surface area (Å²) in [5, 5.41) is 9.24. The van der Waals surface area contributed by atoms with Crippen molar-refractivity contribution in [3.63, 3.8) is 0 Å². The molecule has 0 heterocycles. The molecule has 6 nitrogen and oxygen atoms in total. The van der Waals surface area contributed by atoms with Crippen LogP contribution in [-0.4, -0.2) is 51.8 Å². The van der Waals surface area contributed by atoms with Crippen LogP contribution in [0.3, 0.4) is 0 Å². The molecule has 0 unspecified atom stereocenters. The van der Waals surface area contributed by atoms with Crippen LogP contribution in [-0.2, 0) is 11.2 Å². The van der Waals surface area contributed by atoms with Crippen molar-refractivity contribution in [3.05, 3.63) is 35.4 Å². The number of guanidine groups is 1. The van der Waals surface area contributed by atoms with E-state index in [4.69, 9.17) is 4.74 Å². The predicted octanol–water partition coefficient (Wildman–Crippen LogP) is 2.82. The molecule has 0 spiro atoms. The van der Waals surface area contributed by atoms with Crippen LogP contribution in [0.25, 0.3) is 0 Å². The largest absolute Gasteiger partial charge is 0.381 e. The lowest BCUT2D eigenvalue weighted by molar-refractivity contribution is 0.0963. The first kappa shape index (κ1) is 25.6. The molecule has 0 aromatic heterocycles. The first-order valence-electron chi connectivity index (χ1n) is 9.47. The van der Waals surface area contributed by atoms with Crippen molar-refractivity contribution in [1.29, 1.82) is 0 Å². The van der Waals surface area contributed by atoms with Gasteiger partial charge in [-0.1, -0.05) is 26.0 Å². The highest BCUT2D eigenvalue weighted by Gasteiger charge is 2.04. The summed E-state index contributed by atoms with van der Waals surface area (Å²) in [4.78, 5) is 16.3. The van der Waals surface area contributed by atoms with Crippen molar-refractivity contribution < 1.29 is 9.53 Å². The molecule has 27 heavy (non-hydrogen) atoms. The molecule has 0 aliphatic carbocycles. The van der Waals surface area contributed by atoms with Gasteiger partial charge in [-0.05, 0) is 43.4 Å². The van der Waals surface area contributed by atoms with Crippen molar-refractivity contribution in [1.82, 2.24) is 16.0 Å². The third kappa shape index (κ3) is 11.9. The molecule has 7 heteroatoms. The Kier molecular flexibility index (Phi) is 14.9. The van der Waals surface area contributed by atoms with E-state index >= 15 is 0 Å². The molecule has 0 fully saturated rings. The van der Waals surface area contributed by atoms with E-state index in [1.54, 1.807) is 7.05 Å². The predicted molar refractivity (Wildman–Crippen MR) is 123 cm³/mol. The van der Waals surface area contributed by atoms with Crippen LogP contribution < -0.4 is 16.0 Å². The Labute approximate surface area is 181 Å². The van der Waals surface area contributed by atoms with Gasteiger partial charge in [-0.15, -0.1) is 24.0 Å². The number of carbonyl (C=O) groups is 1. The van der Waals surface area contributed by atoms with E-state index in [1.165, 1.54) is 0 Å². The molecule has 0 saturated carbocycles. The molecule has 3 N–H and O–H groups in total. The number of nitrogens with zero attached hydrogens (tertiary/aromatic N) is 1. The molecule has 1 aromatic carbocycles. The molecule has 1 aromatic rings. The number of aliphatic imine (C=N–C) groups is 1. The number of nitrogens with one attached hydrogen (secondary N) is 3. The summed E-state index contributed by atoms with van der Waals surface area (Å²) >= 11 is 0. The monoisotopic (exact) mass is 490 g/mol. The number of benzene rings is 1. The third-order valence-corrected chi connectivity index (χ3v) is 3.63. The second-order valence-corrected chi connectivity index (χ2v) is 6.54. The number of hydrogen-bond donors (Lipinski definition) is 3. The fourth-order valence-electron chi connectivity index (χ4n) is 2.36. The zero-order chi connectivity index (χ0) is 19.2. The highest BCUT2D eigenvalue weighted by atomic mass is 127. The lowest BCUT2D eigenvalue weighted by Gasteiger charge is -2.12. The zero-order valence-corrected chi connectivity index (χ0v) is 19.3. The molecule has 0 atom stereocenters. The van der Waals surface area contributed by atoms with Crippen molar-refractivity contribution in [2.75, 3.05) is 39.9 Å². The normalized spacial score (nSPS) is 11.1. The Morgan fingerprint density at radius 1 is 1.26 bits per heavy atom. The first-order chi connectivity index (χ1) is 12.6. The van der Waals surface area contributed by atoms with Crippen molar-refractivity contribution in [2.24, 2.45) is 10.9 Å². The summed E-state index contributed by atoms with van der Waals surface area (Å²) in [5.41, 5.74) is 1.81. The first-order valence-corrected chi connectivity index (χ1v) is 9.47. The second-order valence-electron chi connectivity index (χ2n) is 6.54. The highest BCUT2D eigenvalue weighted by Crippen LogP contribution is 2.05. The van der Waals surface area contributed by atoms with Crippen LogP contribution in [0.2, 0.25) is 0 Å². The summed E-state index contributed by atoms with van der Waals surface area (Å²) < 4.78 is 5.57. The van der Waals surface area contributed by atoms with E-state index in [-0.39, 0.29) is 29.9 Å². The van der Waals surface area contributed by atoms with Gasteiger partial charge >= 0.3 is 0 Å². The van der Waals surface area contributed by atoms with E-state index in [9.17, 15) is 4.79 Å². The Morgan fingerprint density at radius 2 is 2.04 bits per heavy atom. The van der Waals surface area contributed by atoms with Crippen LogP contribution in [0.15, 0.2) is 29.3 Å². The minimum atomic E-state index is -0.0607. The summed E-state index contributed by atoms with van der Waals surface area (Å²) in [6, 6.07) is 7.69. The van der Waals surface area contributed by atoms with Gasteiger partial charge in [-0.2, -0.15) is 0 Å². The van der Waals surface area contributed by atoms with Gasteiger partial charge in [0.25, 0.3) is 5.91 Å². The number of rotatable bonds is 11. The van der Waals surface area contributed by atoms with Crippen molar-refractivity contribution in [3.8, 4) is 0 Å². The van der Waals surface area contributed by atoms with E-state index in [2.05, 4.69) is 41.7 Å². The molecule has 1 amide bonds. The third-order valence-electron chi connectivity index (χ3n) is 3.63. The average molecular weight is 490 g/mol. The maximum atomic E-state index is 11.7. The molecule has 0 radical (unpaired) electrons. The van der Waals surface area contributed by atoms with Gasteiger partial charge in [0, 0.05) is 45.5 Å². The van der Waals surface area contributed by atoms with Gasteiger partial charge < -0.3 is 20.7 Å². The Morgan fingerprint density at radius 3 is 2.70 bits per heavy atom. The highest BCUT2D eigenvalue weighted by molar-refractivity contribution is 14.0. The fourth-order valence-corrected chi connectivity index (χ4v) is 2.36. The minimum Gasteiger partial charge on any atom is -0.381 e. The number of ether oxygens (including phenoxy) is 1. The fraction of sp³-hybridized carbons (Fsp3) is 0.600. The van der Waals surface area contributed by atoms with E-state index in [0.29, 0.717) is 11.5 Å². The van der Waals surface area contributed by atoms with Crippen LogP contribution in [0, 0.1) is 5.92 Å². The molecular formula is C20H35IN4O2. The van der Waals surface area contributed by atoms with Gasteiger partial charge in [-0.25, -0.2) is 0 Å². The number of hydrogen-bond acceptors (Lipinski definition) is 3. The summed E-state index contributed by atoms with van der Waals surface area (Å²) in [5.74, 6) is 1.33. The van der Waals surface area contributed by atoms with E-state index in [1.807, 2.05) is 24.3 Å². The van der Waals surface area contributed by atoms with Crippen LogP contribution in [0.1, 0.15) is 43.1 Å². The smallest absolute Gasteiger partial charge is 0.251 e. The van der Waals surface area contributed by atoms with E-state index in [0.717, 1.165) is 57.2 Å². The topological polar surface area (TPSA) is 74.8 Å². The molecular weight excluding hydrogens is 455 g/mol. The maximum absolute atomic E-state index is 11.7. The molecule has 1 rings (SSSR count). The second kappa shape index (κ2) is 15.7. The molecule has 0 bridgehead atoms. The average Bonchev–Trinajstić information content (AvgIpc) is 2.63. The van der Waals surface area contributed by atoms with Gasteiger partial charge in [-0.3, -0.25) is 9.79 Å². The van der Waals surface area contributed by atoms with Crippen molar-refractivity contribution in [2.45, 2.75) is 33.6 Å². The molecule has 154 valence electrons. The van der Waals surface area contributed by atoms with Gasteiger partial charge in [0.2, 0.25) is 0 Å². The summed E-state index contributed by atoms with van der Waals surface area (Å²) in [6.45, 7) is 10.2.